The normalized spacial score (nSPS) is 20.1. The van der Waals surface area contributed by atoms with Crippen LogP contribution in [0.5, 0.6) is 0 Å². The fourth-order valence-electron chi connectivity index (χ4n) is 3.77. The molecule has 0 radical (unpaired) electrons. The van der Waals surface area contributed by atoms with Crippen LogP contribution in [0.3, 0.4) is 0 Å². The van der Waals surface area contributed by atoms with Crippen LogP contribution in [-0.2, 0) is 11.3 Å². The molecule has 2 heterocycles. The van der Waals surface area contributed by atoms with Crippen molar-refractivity contribution in [1.29, 1.82) is 0 Å². The second kappa shape index (κ2) is 9.58. The number of likely N-dealkylation sites (tertiary alicyclic amines) is 1. The van der Waals surface area contributed by atoms with Crippen LogP contribution in [-0.4, -0.2) is 61.8 Å². The lowest BCUT2D eigenvalue weighted by molar-refractivity contribution is 0.0583. The second-order valence-corrected chi connectivity index (χ2v) is 8.00. The van der Waals surface area contributed by atoms with Crippen LogP contribution < -0.4 is 5.32 Å². The van der Waals surface area contributed by atoms with Crippen molar-refractivity contribution in [2.75, 3.05) is 39.9 Å². The van der Waals surface area contributed by atoms with Crippen molar-refractivity contribution in [3.63, 3.8) is 0 Å². The minimum atomic E-state index is 0.0626. The molecule has 2 fully saturated rings. The van der Waals surface area contributed by atoms with E-state index >= 15 is 0 Å². The number of urea groups is 1. The molecule has 1 aromatic carbocycles. The Kier molecular flexibility index (Phi) is 7.17. The summed E-state index contributed by atoms with van der Waals surface area (Å²) in [6.45, 7) is 5.44. The van der Waals surface area contributed by atoms with Crippen LogP contribution in [0.15, 0.2) is 24.3 Å². The third-order valence-electron chi connectivity index (χ3n) is 5.45. The number of carbonyl (C=O) groups excluding carboxylic acids is 1. The molecule has 0 saturated carbocycles. The number of amides is 2. The molecule has 2 aliphatic heterocycles. The van der Waals surface area contributed by atoms with Gasteiger partial charge < -0.3 is 15.0 Å². The Morgan fingerprint density at radius 3 is 2.50 bits per heavy atom. The second-order valence-electron chi connectivity index (χ2n) is 7.56. The largest absolute Gasteiger partial charge is 0.381 e. The summed E-state index contributed by atoms with van der Waals surface area (Å²) in [6, 6.07) is 8.40. The zero-order valence-corrected chi connectivity index (χ0v) is 16.4. The van der Waals surface area contributed by atoms with E-state index < -0.39 is 0 Å². The van der Waals surface area contributed by atoms with Gasteiger partial charge >= 0.3 is 6.03 Å². The van der Waals surface area contributed by atoms with E-state index in [2.05, 4.69) is 22.3 Å². The maximum Gasteiger partial charge on any atom is 0.317 e. The fraction of sp³-hybridized carbons (Fsp3) is 0.650. The van der Waals surface area contributed by atoms with Crippen LogP contribution in [0.25, 0.3) is 0 Å². The summed E-state index contributed by atoms with van der Waals surface area (Å²) < 4.78 is 5.39. The Balaban J connectivity index is 1.37. The van der Waals surface area contributed by atoms with E-state index in [-0.39, 0.29) is 12.1 Å². The number of hydrogen-bond acceptors (Lipinski definition) is 3. The number of hydrogen-bond donors (Lipinski definition) is 1. The van der Waals surface area contributed by atoms with E-state index in [0.29, 0.717) is 5.92 Å². The monoisotopic (exact) mass is 379 g/mol. The van der Waals surface area contributed by atoms with Gasteiger partial charge in [-0.05, 0) is 49.3 Å². The van der Waals surface area contributed by atoms with Gasteiger partial charge in [0, 0.05) is 57.5 Å². The standard InChI is InChI=1S/C20H30ClN3O2/c1-23(14-17-8-12-26-13-9-17)20(25)22-19-6-10-24(11-7-19)15-16-2-4-18(21)5-3-16/h2-5,17,19H,6-15H2,1H3,(H,22,25). The molecule has 144 valence electrons. The van der Waals surface area contributed by atoms with Gasteiger partial charge in [0.25, 0.3) is 0 Å². The Hall–Kier alpha value is -1.30. The summed E-state index contributed by atoms with van der Waals surface area (Å²) in [7, 11) is 1.90. The first-order valence-corrected chi connectivity index (χ1v) is 10.0. The summed E-state index contributed by atoms with van der Waals surface area (Å²) in [4.78, 5) is 16.7. The van der Waals surface area contributed by atoms with Crippen molar-refractivity contribution >= 4 is 17.6 Å². The number of carbonyl (C=O) groups is 1. The summed E-state index contributed by atoms with van der Waals surface area (Å²) in [6.07, 6.45) is 4.12. The van der Waals surface area contributed by atoms with Crippen LogP contribution in [0.2, 0.25) is 5.02 Å². The van der Waals surface area contributed by atoms with Crippen LogP contribution >= 0.6 is 11.6 Å². The molecule has 2 amide bonds. The lowest BCUT2D eigenvalue weighted by atomic mass is 10.00. The zero-order chi connectivity index (χ0) is 18.4. The van der Waals surface area contributed by atoms with Crippen molar-refractivity contribution in [2.24, 2.45) is 5.92 Å². The average Bonchev–Trinajstić information content (AvgIpc) is 2.66. The van der Waals surface area contributed by atoms with Gasteiger partial charge in [-0.3, -0.25) is 4.90 Å². The average molecular weight is 380 g/mol. The first kappa shape index (κ1) is 19.5. The van der Waals surface area contributed by atoms with E-state index in [9.17, 15) is 4.79 Å². The van der Waals surface area contributed by atoms with Gasteiger partial charge in [0.05, 0.1) is 0 Å². The van der Waals surface area contributed by atoms with Gasteiger partial charge in [0.2, 0.25) is 0 Å². The molecule has 0 unspecified atom stereocenters. The van der Waals surface area contributed by atoms with Gasteiger partial charge in [0.1, 0.15) is 0 Å². The molecule has 2 saturated heterocycles. The number of halogens is 1. The van der Waals surface area contributed by atoms with Crippen molar-refractivity contribution in [3.05, 3.63) is 34.9 Å². The predicted octanol–water partition coefficient (Wildman–Crippen LogP) is 3.37. The maximum atomic E-state index is 12.4. The van der Waals surface area contributed by atoms with Gasteiger partial charge in [-0.1, -0.05) is 23.7 Å². The highest BCUT2D eigenvalue weighted by molar-refractivity contribution is 6.30. The minimum Gasteiger partial charge on any atom is -0.381 e. The Labute approximate surface area is 161 Å². The molecule has 1 N–H and O–H groups in total. The summed E-state index contributed by atoms with van der Waals surface area (Å²) in [5.74, 6) is 0.570. The Morgan fingerprint density at radius 1 is 1.19 bits per heavy atom. The maximum absolute atomic E-state index is 12.4. The smallest absolute Gasteiger partial charge is 0.317 e. The molecular formula is C20H30ClN3O2. The third kappa shape index (κ3) is 5.86. The third-order valence-corrected chi connectivity index (χ3v) is 5.71. The van der Waals surface area contributed by atoms with E-state index in [1.54, 1.807) is 0 Å². The zero-order valence-electron chi connectivity index (χ0n) is 15.6. The van der Waals surface area contributed by atoms with Crippen LogP contribution in [0, 0.1) is 5.92 Å². The van der Waals surface area contributed by atoms with Gasteiger partial charge in [-0.25, -0.2) is 4.79 Å². The molecule has 0 aromatic heterocycles. The molecule has 5 nitrogen and oxygen atoms in total. The molecule has 0 spiro atoms. The number of benzene rings is 1. The molecule has 0 atom stereocenters. The van der Waals surface area contributed by atoms with E-state index in [4.69, 9.17) is 16.3 Å². The predicted molar refractivity (Wildman–Crippen MR) is 104 cm³/mol. The quantitative estimate of drug-likeness (QED) is 0.853. The SMILES string of the molecule is CN(CC1CCOCC1)C(=O)NC1CCN(Cc2ccc(Cl)cc2)CC1. The highest BCUT2D eigenvalue weighted by Gasteiger charge is 2.23. The van der Waals surface area contributed by atoms with E-state index in [1.165, 1.54) is 5.56 Å². The molecule has 1 aromatic rings. The molecular weight excluding hydrogens is 350 g/mol. The number of nitrogens with one attached hydrogen (secondary N) is 1. The summed E-state index contributed by atoms with van der Waals surface area (Å²) in [5, 5.41) is 3.99. The Bertz CT molecular complexity index is 567. The fourth-order valence-corrected chi connectivity index (χ4v) is 3.89. The Morgan fingerprint density at radius 2 is 1.85 bits per heavy atom. The van der Waals surface area contributed by atoms with E-state index in [0.717, 1.165) is 70.1 Å². The number of rotatable bonds is 5. The highest BCUT2D eigenvalue weighted by atomic mass is 35.5. The van der Waals surface area contributed by atoms with Gasteiger partial charge in [-0.15, -0.1) is 0 Å². The molecule has 3 rings (SSSR count). The number of ether oxygens (including phenoxy) is 1. The highest BCUT2D eigenvalue weighted by Crippen LogP contribution is 2.17. The first-order chi connectivity index (χ1) is 12.6. The van der Waals surface area contributed by atoms with Crippen molar-refractivity contribution in [1.82, 2.24) is 15.1 Å². The molecule has 26 heavy (non-hydrogen) atoms. The molecule has 6 heteroatoms. The number of piperidine rings is 1. The van der Waals surface area contributed by atoms with Crippen LogP contribution in [0.4, 0.5) is 4.79 Å². The molecule has 0 bridgehead atoms. The summed E-state index contributed by atoms with van der Waals surface area (Å²) >= 11 is 5.94. The molecule has 0 aliphatic carbocycles. The van der Waals surface area contributed by atoms with Crippen molar-refractivity contribution in [3.8, 4) is 0 Å². The van der Waals surface area contributed by atoms with Crippen molar-refractivity contribution in [2.45, 2.75) is 38.3 Å². The lowest BCUT2D eigenvalue weighted by Crippen LogP contribution is -2.49. The van der Waals surface area contributed by atoms with Gasteiger partial charge in [0.15, 0.2) is 0 Å². The minimum absolute atomic E-state index is 0.0626. The van der Waals surface area contributed by atoms with E-state index in [1.807, 2.05) is 24.1 Å². The van der Waals surface area contributed by atoms with Crippen LogP contribution in [0.1, 0.15) is 31.2 Å². The van der Waals surface area contributed by atoms with Gasteiger partial charge in [-0.2, -0.15) is 0 Å². The number of nitrogens with zero attached hydrogens (tertiary/aromatic N) is 2. The topological polar surface area (TPSA) is 44.8 Å². The lowest BCUT2D eigenvalue weighted by Gasteiger charge is -2.34. The molecule has 2 aliphatic rings. The first-order valence-electron chi connectivity index (χ1n) is 9.66. The van der Waals surface area contributed by atoms with Crippen molar-refractivity contribution < 1.29 is 9.53 Å². The summed E-state index contributed by atoms with van der Waals surface area (Å²) in [5.41, 5.74) is 1.29.